The molecule has 2 aromatic carbocycles. The van der Waals surface area contributed by atoms with Crippen molar-refractivity contribution in [2.45, 2.75) is 6.92 Å². The topological polar surface area (TPSA) is 41.5 Å². The Bertz CT molecular complexity index is 606. The second kappa shape index (κ2) is 6.29. The van der Waals surface area contributed by atoms with Crippen molar-refractivity contribution < 1.29 is 4.79 Å². The molecule has 2 rings (SSSR count). The van der Waals surface area contributed by atoms with E-state index in [4.69, 9.17) is 0 Å². The molecular formula is C15H13BrN2O. The standard InChI is InChI=1S/C15H13BrN2O/c1-11-5-7-13(8-6-11)15(19)18-17-10-12-3-2-4-14(16)9-12/h2-10H,1H3,(H,18,19)/b17-10+. The van der Waals surface area contributed by atoms with Gasteiger partial charge in [0.05, 0.1) is 6.21 Å². The minimum absolute atomic E-state index is 0.216. The van der Waals surface area contributed by atoms with Crippen LogP contribution in [0.3, 0.4) is 0 Å². The van der Waals surface area contributed by atoms with Gasteiger partial charge in [-0.1, -0.05) is 45.8 Å². The average molecular weight is 317 g/mol. The Labute approximate surface area is 120 Å². The molecule has 0 saturated carbocycles. The lowest BCUT2D eigenvalue weighted by Gasteiger charge is -2.00. The van der Waals surface area contributed by atoms with Crippen LogP contribution in [0.25, 0.3) is 0 Å². The Morgan fingerprint density at radius 2 is 1.95 bits per heavy atom. The number of hydrogen-bond donors (Lipinski definition) is 1. The third-order valence-electron chi connectivity index (χ3n) is 2.54. The molecule has 0 aliphatic rings. The number of carbonyl (C=O) groups excluding carboxylic acids is 1. The molecule has 4 heteroatoms. The molecule has 3 nitrogen and oxygen atoms in total. The van der Waals surface area contributed by atoms with Crippen molar-refractivity contribution in [1.29, 1.82) is 0 Å². The summed E-state index contributed by atoms with van der Waals surface area (Å²) in [4.78, 5) is 11.8. The van der Waals surface area contributed by atoms with Gasteiger partial charge in [-0.2, -0.15) is 5.10 Å². The zero-order chi connectivity index (χ0) is 13.7. The third-order valence-corrected chi connectivity index (χ3v) is 3.04. The Morgan fingerprint density at radius 1 is 1.21 bits per heavy atom. The zero-order valence-electron chi connectivity index (χ0n) is 10.4. The Hall–Kier alpha value is -1.94. The van der Waals surface area contributed by atoms with Crippen LogP contribution < -0.4 is 5.43 Å². The van der Waals surface area contributed by atoms with E-state index in [0.29, 0.717) is 5.56 Å². The summed E-state index contributed by atoms with van der Waals surface area (Å²) in [5.41, 5.74) is 5.13. The molecule has 0 unspecified atom stereocenters. The van der Waals surface area contributed by atoms with E-state index in [1.165, 1.54) is 0 Å². The minimum atomic E-state index is -0.216. The number of hydrazone groups is 1. The molecule has 0 aromatic heterocycles. The van der Waals surface area contributed by atoms with E-state index >= 15 is 0 Å². The quantitative estimate of drug-likeness (QED) is 0.683. The maximum atomic E-state index is 11.8. The average Bonchev–Trinajstić information content (AvgIpc) is 2.39. The number of nitrogens with one attached hydrogen (secondary N) is 1. The van der Waals surface area contributed by atoms with Gasteiger partial charge >= 0.3 is 0 Å². The van der Waals surface area contributed by atoms with Crippen LogP contribution >= 0.6 is 15.9 Å². The number of halogens is 1. The fraction of sp³-hybridized carbons (Fsp3) is 0.0667. The Morgan fingerprint density at radius 3 is 2.63 bits per heavy atom. The summed E-state index contributed by atoms with van der Waals surface area (Å²) in [5, 5.41) is 3.94. The molecule has 1 amide bonds. The number of carbonyl (C=O) groups is 1. The first kappa shape index (κ1) is 13.5. The summed E-state index contributed by atoms with van der Waals surface area (Å²) in [6.07, 6.45) is 1.61. The third kappa shape index (κ3) is 4.03. The van der Waals surface area contributed by atoms with Gasteiger partial charge in [-0.25, -0.2) is 5.43 Å². The van der Waals surface area contributed by atoms with Crippen molar-refractivity contribution in [3.63, 3.8) is 0 Å². The molecule has 0 aliphatic heterocycles. The molecule has 1 N–H and O–H groups in total. The fourth-order valence-corrected chi connectivity index (χ4v) is 1.94. The minimum Gasteiger partial charge on any atom is -0.267 e. The van der Waals surface area contributed by atoms with Gasteiger partial charge < -0.3 is 0 Å². The van der Waals surface area contributed by atoms with Crippen LogP contribution in [-0.2, 0) is 0 Å². The molecule has 0 aliphatic carbocycles. The number of aryl methyl sites for hydroxylation is 1. The summed E-state index contributed by atoms with van der Waals surface area (Å²) in [6.45, 7) is 1.98. The van der Waals surface area contributed by atoms with Crippen LogP contribution in [0.4, 0.5) is 0 Å². The van der Waals surface area contributed by atoms with Gasteiger partial charge in [0.1, 0.15) is 0 Å². The summed E-state index contributed by atoms with van der Waals surface area (Å²) < 4.78 is 0.973. The van der Waals surface area contributed by atoms with Crippen LogP contribution in [0.15, 0.2) is 58.1 Å². The molecule has 0 saturated heterocycles. The zero-order valence-corrected chi connectivity index (χ0v) is 12.0. The van der Waals surface area contributed by atoms with Crippen molar-refractivity contribution in [3.8, 4) is 0 Å². The number of rotatable bonds is 3. The van der Waals surface area contributed by atoms with Crippen molar-refractivity contribution in [2.75, 3.05) is 0 Å². The first-order valence-electron chi connectivity index (χ1n) is 5.81. The molecule has 0 heterocycles. The fourth-order valence-electron chi connectivity index (χ4n) is 1.52. The molecule has 0 radical (unpaired) electrons. The number of benzene rings is 2. The highest BCUT2D eigenvalue weighted by Gasteiger charge is 2.02. The highest BCUT2D eigenvalue weighted by Crippen LogP contribution is 2.09. The molecule has 19 heavy (non-hydrogen) atoms. The van der Waals surface area contributed by atoms with E-state index in [-0.39, 0.29) is 5.91 Å². The summed E-state index contributed by atoms with van der Waals surface area (Å²) >= 11 is 3.38. The Kier molecular flexibility index (Phi) is 4.47. The van der Waals surface area contributed by atoms with Crippen molar-refractivity contribution in [2.24, 2.45) is 5.10 Å². The molecular weight excluding hydrogens is 304 g/mol. The van der Waals surface area contributed by atoms with Gasteiger partial charge in [0.2, 0.25) is 0 Å². The van der Waals surface area contributed by atoms with Gasteiger partial charge in [-0.15, -0.1) is 0 Å². The van der Waals surface area contributed by atoms with E-state index in [9.17, 15) is 4.79 Å². The molecule has 0 fully saturated rings. The molecule has 2 aromatic rings. The molecule has 0 bridgehead atoms. The number of hydrogen-bond acceptors (Lipinski definition) is 2. The molecule has 96 valence electrons. The smallest absolute Gasteiger partial charge is 0.267 e. The van der Waals surface area contributed by atoms with E-state index < -0.39 is 0 Å². The largest absolute Gasteiger partial charge is 0.271 e. The lowest BCUT2D eigenvalue weighted by Crippen LogP contribution is -2.17. The molecule has 0 atom stereocenters. The van der Waals surface area contributed by atoms with E-state index in [1.54, 1.807) is 18.3 Å². The van der Waals surface area contributed by atoms with Crippen LogP contribution in [0.2, 0.25) is 0 Å². The van der Waals surface area contributed by atoms with E-state index in [2.05, 4.69) is 26.5 Å². The lowest BCUT2D eigenvalue weighted by atomic mass is 10.1. The number of amides is 1. The predicted molar refractivity (Wildman–Crippen MR) is 80.4 cm³/mol. The predicted octanol–water partition coefficient (Wildman–Crippen LogP) is 3.52. The highest BCUT2D eigenvalue weighted by molar-refractivity contribution is 9.10. The second-order valence-electron chi connectivity index (χ2n) is 4.12. The first-order valence-corrected chi connectivity index (χ1v) is 6.60. The van der Waals surface area contributed by atoms with Gasteiger partial charge in [0, 0.05) is 10.0 Å². The van der Waals surface area contributed by atoms with Crippen LogP contribution in [0, 0.1) is 6.92 Å². The van der Waals surface area contributed by atoms with E-state index in [1.807, 2.05) is 43.3 Å². The van der Waals surface area contributed by atoms with Crippen molar-refractivity contribution >= 4 is 28.1 Å². The first-order chi connectivity index (χ1) is 9.15. The Balaban J connectivity index is 1.98. The SMILES string of the molecule is Cc1ccc(C(=O)N/N=C/c2cccc(Br)c2)cc1. The van der Waals surface area contributed by atoms with Crippen molar-refractivity contribution in [3.05, 3.63) is 69.7 Å². The lowest BCUT2D eigenvalue weighted by molar-refractivity contribution is 0.0955. The normalized spacial score (nSPS) is 10.6. The van der Waals surface area contributed by atoms with Gasteiger partial charge in [0.15, 0.2) is 0 Å². The van der Waals surface area contributed by atoms with Crippen LogP contribution in [-0.4, -0.2) is 12.1 Å². The van der Waals surface area contributed by atoms with Crippen LogP contribution in [0.5, 0.6) is 0 Å². The summed E-state index contributed by atoms with van der Waals surface area (Å²) in [6, 6.07) is 15.0. The summed E-state index contributed by atoms with van der Waals surface area (Å²) in [7, 11) is 0. The maximum Gasteiger partial charge on any atom is 0.271 e. The van der Waals surface area contributed by atoms with Gasteiger partial charge in [-0.05, 0) is 36.8 Å². The van der Waals surface area contributed by atoms with Gasteiger partial charge in [-0.3, -0.25) is 4.79 Å². The summed E-state index contributed by atoms with van der Waals surface area (Å²) in [5.74, 6) is -0.216. The van der Waals surface area contributed by atoms with E-state index in [0.717, 1.165) is 15.6 Å². The van der Waals surface area contributed by atoms with Crippen molar-refractivity contribution in [1.82, 2.24) is 5.43 Å². The number of nitrogens with zero attached hydrogens (tertiary/aromatic N) is 1. The molecule has 0 spiro atoms. The maximum absolute atomic E-state index is 11.8. The highest BCUT2D eigenvalue weighted by atomic mass is 79.9. The van der Waals surface area contributed by atoms with Gasteiger partial charge in [0.25, 0.3) is 5.91 Å². The van der Waals surface area contributed by atoms with Crippen LogP contribution in [0.1, 0.15) is 21.5 Å². The second-order valence-corrected chi connectivity index (χ2v) is 5.04. The monoisotopic (exact) mass is 316 g/mol.